The van der Waals surface area contributed by atoms with Gasteiger partial charge in [-0.1, -0.05) is 29.3 Å². The number of aromatic nitrogens is 2. The summed E-state index contributed by atoms with van der Waals surface area (Å²) in [6.07, 6.45) is 1.40. The summed E-state index contributed by atoms with van der Waals surface area (Å²) >= 11 is 11.7. The molecule has 2 nitrogen and oxygen atoms in total. The van der Waals surface area contributed by atoms with Crippen molar-refractivity contribution >= 4 is 34.1 Å². The van der Waals surface area contributed by atoms with Gasteiger partial charge in [0.2, 0.25) is 0 Å². The van der Waals surface area contributed by atoms with Crippen LogP contribution in [0.2, 0.25) is 10.2 Å². The molecule has 0 spiro atoms. The lowest BCUT2D eigenvalue weighted by Gasteiger charge is -1.98. The van der Waals surface area contributed by atoms with Gasteiger partial charge < -0.3 is 0 Å². The summed E-state index contributed by atoms with van der Waals surface area (Å²) in [5.74, 6) is 0. The molecule has 1 aromatic carbocycles. The van der Waals surface area contributed by atoms with Crippen molar-refractivity contribution < 1.29 is 0 Å². The normalized spacial score (nSPS) is 10.5. The number of halogens is 2. The zero-order valence-electron chi connectivity index (χ0n) is 5.96. The van der Waals surface area contributed by atoms with Gasteiger partial charge in [0.15, 0.2) is 0 Å². The molecule has 0 aliphatic carbocycles. The molecule has 4 heteroatoms. The van der Waals surface area contributed by atoms with Crippen LogP contribution in [0.1, 0.15) is 0 Å². The predicted octanol–water partition coefficient (Wildman–Crippen LogP) is 2.94. The van der Waals surface area contributed by atoms with E-state index in [-0.39, 0.29) is 0 Å². The van der Waals surface area contributed by atoms with Crippen molar-refractivity contribution in [1.82, 2.24) is 9.97 Å². The highest BCUT2D eigenvalue weighted by Crippen LogP contribution is 2.24. The Labute approximate surface area is 79.2 Å². The Kier molecular flexibility index (Phi) is 1.87. The van der Waals surface area contributed by atoms with Gasteiger partial charge in [-0.2, -0.15) is 0 Å². The second kappa shape index (κ2) is 2.88. The molecule has 0 N–H and O–H groups in total. The highest BCUT2D eigenvalue weighted by atomic mass is 35.5. The minimum Gasteiger partial charge on any atom is -0.235 e. The number of hydrogen-bond acceptors (Lipinski definition) is 2. The Morgan fingerprint density at radius 3 is 2.67 bits per heavy atom. The van der Waals surface area contributed by atoms with Crippen LogP contribution in [0.5, 0.6) is 0 Å². The molecule has 2 rings (SSSR count). The molecular formula is C8H4Cl2N2. The lowest BCUT2D eigenvalue weighted by molar-refractivity contribution is 1.22. The molecule has 0 saturated heterocycles. The fourth-order valence-corrected chi connectivity index (χ4v) is 1.44. The summed E-state index contributed by atoms with van der Waals surface area (Å²) in [6.45, 7) is 0. The van der Waals surface area contributed by atoms with Crippen molar-refractivity contribution in [2.24, 2.45) is 0 Å². The number of hydrogen-bond donors (Lipinski definition) is 0. The second-order valence-electron chi connectivity index (χ2n) is 2.30. The van der Waals surface area contributed by atoms with Crippen molar-refractivity contribution in [3.8, 4) is 0 Å². The summed E-state index contributed by atoms with van der Waals surface area (Å²) < 4.78 is 0. The molecule has 1 heterocycles. The van der Waals surface area contributed by atoms with Gasteiger partial charge in [0.1, 0.15) is 11.5 Å². The lowest BCUT2D eigenvalue weighted by atomic mass is 10.2. The molecule has 0 amide bonds. The van der Waals surface area contributed by atoms with Crippen LogP contribution in [0.4, 0.5) is 0 Å². The highest BCUT2D eigenvalue weighted by Gasteiger charge is 2.02. The molecule has 1 aromatic heterocycles. The number of para-hydroxylation sites is 1. The molecule has 0 unspecified atom stereocenters. The summed E-state index contributed by atoms with van der Waals surface area (Å²) in [6, 6.07) is 5.43. The van der Waals surface area contributed by atoms with E-state index in [1.807, 2.05) is 12.1 Å². The number of rotatable bonds is 0. The molecule has 0 radical (unpaired) electrons. The van der Waals surface area contributed by atoms with Crippen molar-refractivity contribution in [2.45, 2.75) is 0 Å². The van der Waals surface area contributed by atoms with Crippen molar-refractivity contribution in [3.63, 3.8) is 0 Å². The molecule has 0 saturated carbocycles. The fraction of sp³-hybridized carbons (Fsp3) is 0. The first kappa shape index (κ1) is 7.77. The topological polar surface area (TPSA) is 25.8 Å². The maximum atomic E-state index is 5.88. The van der Waals surface area contributed by atoms with Crippen LogP contribution in [0.25, 0.3) is 10.9 Å². The van der Waals surface area contributed by atoms with E-state index in [2.05, 4.69) is 9.97 Å². The first-order chi connectivity index (χ1) is 5.79. The van der Waals surface area contributed by atoms with Gasteiger partial charge in [-0.05, 0) is 12.1 Å². The number of benzene rings is 1. The Balaban J connectivity index is 2.94. The largest absolute Gasteiger partial charge is 0.235 e. The molecular weight excluding hydrogens is 195 g/mol. The third-order valence-corrected chi connectivity index (χ3v) is 2.17. The summed E-state index contributed by atoms with van der Waals surface area (Å²) in [5, 5.41) is 1.81. The van der Waals surface area contributed by atoms with Gasteiger partial charge >= 0.3 is 0 Å². The maximum Gasteiger partial charge on any atom is 0.140 e. The van der Waals surface area contributed by atoms with Gasteiger partial charge in [-0.25, -0.2) is 9.97 Å². The Morgan fingerprint density at radius 1 is 1.08 bits per heavy atom. The van der Waals surface area contributed by atoms with Crippen LogP contribution < -0.4 is 0 Å². The SMILES string of the molecule is Clc1ncnc2c(Cl)cccc12. The van der Waals surface area contributed by atoms with E-state index >= 15 is 0 Å². The minimum atomic E-state index is 0.433. The van der Waals surface area contributed by atoms with Crippen LogP contribution in [-0.4, -0.2) is 9.97 Å². The third kappa shape index (κ3) is 1.13. The lowest BCUT2D eigenvalue weighted by Crippen LogP contribution is -1.83. The van der Waals surface area contributed by atoms with E-state index in [0.717, 1.165) is 5.39 Å². The van der Waals surface area contributed by atoms with E-state index in [0.29, 0.717) is 15.7 Å². The molecule has 0 fully saturated rings. The Morgan fingerprint density at radius 2 is 1.92 bits per heavy atom. The van der Waals surface area contributed by atoms with Crippen molar-refractivity contribution in [1.29, 1.82) is 0 Å². The number of fused-ring (bicyclic) bond motifs is 1. The summed E-state index contributed by atoms with van der Waals surface area (Å²) in [7, 11) is 0. The van der Waals surface area contributed by atoms with E-state index < -0.39 is 0 Å². The van der Waals surface area contributed by atoms with Crippen LogP contribution in [-0.2, 0) is 0 Å². The molecule has 60 valence electrons. The second-order valence-corrected chi connectivity index (χ2v) is 3.07. The van der Waals surface area contributed by atoms with E-state index in [9.17, 15) is 0 Å². The number of nitrogens with zero attached hydrogens (tertiary/aromatic N) is 2. The quantitative estimate of drug-likeness (QED) is 0.609. The average Bonchev–Trinajstić information content (AvgIpc) is 2.07. The van der Waals surface area contributed by atoms with E-state index in [1.165, 1.54) is 6.33 Å². The first-order valence-corrected chi connectivity index (χ1v) is 4.09. The van der Waals surface area contributed by atoms with Gasteiger partial charge in [-0.3, -0.25) is 0 Å². The summed E-state index contributed by atoms with van der Waals surface area (Å²) in [4.78, 5) is 7.86. The standard InChI is InChI=1S/C8H4Cl2N2/c9-6-3-1-2-5-7(6)11-4-12-8(5)10/h1-4H. The van der Waals surface area contributed by atoms with Crippen molar-refractivity contribution in [3.05, 3.63) is 34.7 Å². The monoisotopic (exact) mass is 198 g/mol. The summed E-state index contributed by atoms with van der Waals surface area (Å²) in [5.41, 5.74) is 0.694. The van der Waals surface area contributed by atoms with Crippen LogP contribution in [0.15, 0.2) is 24.5 Å². The molecule has 0 bridgehead atoms. The molecule has 2 aromatic rings. The van der Waals surface area contributed by atoms with Gasteiger partial charge in [-0.15, -0.1) is 0 Å². The third-order valence-electron chi connectivity index (χ3n) is 1.57. The van der Waals surface area contributed by atoms with Crippen LogP contribution in [0.3, 0.4) is 0 Å². The molecule has 0 aliphatic heterocycles. The average molecular weight is 199 g/mol. The predicted molar refractivity (Wildman–Crippen MR) is 49.6 cm³/mol. The molecule has 0 aliphatic rings. The Bertz CT molecular complexity index is 387. The molecule has 0 atom stereocenters. The van der Waals surface area contributed by atoms with Gasteiger partial charge in [0.25, 0.3) is 0 Å². The van der Waals surface area contributed by atoms with Crippen LogP contribution in [0, 0.1) is 0 Å². The Hall–Kier alpha value is -0.860. The minimum absolute atomic E-state index is 0.433. The highest BCUT2D eigenvalue weighted by molar-refractivity contribution is 6.38. The zero-order chi connectivity index (χ0) is 8.55. The van der Waals surface area contributed by atoms with Crippen LogP contribution >= 0.6 is 23.2 Å². The van der Waals surface area contributed by atoms with Gasteiger partial charge in [0.05, 0.1) is 10.5 Å². The first-order valence-electron chi connectivity index (χ1n) is 3.34. The van der Waals surface area contributed by atoms with Crippen molar-refractivity contribution in [2.75, 3.05) is 0 Å². The smallest absolute Gasteiger partial charge is 0.140 e. The van der Waals surface area contributed by atoms with Gasteiger partial charge in [0, 0.05) is 5.39 Å². The molecule has 12 heavy (non-hydrogen) atoms. The fourth-order valence-electron chi connectivity index (χ4n) is 1.02. The van der Waals surface area contributed by atoms with E-state index in [1.54, 1.807) is 6.07 Å². The zero-order valence-corrected chi connectivity index (χ0v) is 7.47. The van der Waals surface area contributed by atoms with E-state index in [4.69, 9.17) is 23.2 Å². The maximum absolute atomic E-state index is 5.88.